The largest absolute Gasteiger partial charge is 0.404 e. The molecule has 2 amide bonds. The first kappa shape index (κ1) is 32.1. The number of aliphatic imine (C=N–C) groups is 1. The number of benzene rings is 1. The van der Waals surface area contributed by atoms with E-state index in [-0.39, 0.29) is 57.3 Å². The summed E-state index contributed by atoms with van der Waals surface area (Å²) in [6, 6.07) is 3.08. The molecule has 10 nitrogen and oxygen atoms in total. The van der Waals surface area contributed by atoms with Gasteiger partial charge in [0, 0.05) is 43.9 Å². The Balaban J connectivity index is 0.000000389. The topological polar surface area (TPSA) is 189 Å². The standard InChI is InChI=1S/C18H19ClF2N6O.C9H15NO2/c1-27-16(25)15(17(26)28)13(23)3-2-8-4-14(24)9(5-12(8)19)10(7-22)11-6-18(11,20)21;1-3-9(11)10-6-4-5-8(10)7-12-2/h4-5,7,11H,6,22-24H2,1H3,(H2,25,27)(H2,26,28);3,8H,1,4-7H2,2H3/b10-7+,15-13+;. The van der Waals surface area contributed by atoms with E-state index in [1.54, 1.807) is 7.11 Å². The number of primary amides is 1. The van der Waals surface area contributed by atoms with Gasteiger partial charge in [-0.3, -0.25) is 14.6 Å². The molecule has 1 saturated carbocycles. The lowest BCUT2D eigenvalue weighted by Crippen LogP contribution is -2.36. The number of allylic oxidation sites excluding steroid dienone is 2. The first-order chi connectivity index (χ1) is 18.8. The first-order valence-electron chi connectivity index (χ1n) is 12.2. The SMILES string of the molecule is C=CC(=O)N1CCCC1COC.CN=C(N)/C(C(N)=O)=C(\N)C#Cc1cc(N)c(/C(=C\N)C2CC2(F)F)cc1Cl. The average molecular weight is 578 g/mol. The Bertz CT molecular complexity index is 1310. The molecule has 0 bridgehead atoms. The number of ether oxygens (including phenoxy) is 1. The van der Waals surface area contributed by atoms with Crippen molar-refractivity contribution < 1.29 is 23.1 Å². The second kappa shape index (κ2) is 13.8. The van der Waals surface area contributed by atoms with Crippen LogP contribution in [0.2, 0.25) is 5.02 Å². The number of amidine groups is 1. The van der Waals surface area contributed by atoms with Gasteiger partial charge < -0.3 is 38.3 Å². The van der Waals surface area contributed by atoms with Crippen molar-refractivity contribution in [2.45, 2.75) is 31.2 Å². The van der Waals surface area contributed by atoms with Crippen molar-refractivity contribution in [3.05, 3.63) is 58.4 Å². The number of anilines is 1. The molecule has 2 aliphatic rings. The van der Waals surface area contributed by atoms with Crippen molar-refractivity contribution in [1.82, 2.24) is 4.90 Å². The highest BCUT2D eigenvalue weighted by Crippen LogP contribution is 2.56. The molecule has 0 radical (unpaired) electrons. The summed E-state index contributed by atoms with van der Waals surface area (Å²) >= 11 is 6.20. The lowest BCUT2D eigenvalue weighted by molar-refractivity contribution is -0.127. The number of rotatable bonds is 7. The molecule has 13 heteroatoms. The smallest absolute Gasteiger partial charge is 0.256 e. The molecule has 2 fully saturated rings. The lowest BCUT2D eigenvalue weighted by atomic mass is 9.98. The molecule has 40 heavy (non-hydrogen) atoms. The van der Waals surface area contributed by atoms with Crippen LogP contribution in [0, 0.1) is 17.8 Å². The zero-order valence-electron chi connectivity index (χ0n) is 22.3. The number of alkyl halides is 2. The van der Waals surface area contributed by atoms with Gasteiger partial charge in [-0.2, -0.15) is 0 Å². The van der Waals surface area contributed by atoms with Gasteiger partial charge in [0.05, 0.1) is 29.3 Å². The number of likely N-dealkylation sites (tertiary alicyclic amines) is 1. The number of amides is 2. The molecule has 1 saturated heterocycles. The number of nitrogens with two attached hydrogens (primary N) is 5. The van der Waals surface area contributed by atoms with Crippen LogP contribution in [0.5, 0.6) is 0 Å². The monoisotopic (exact) mass is 577 g/mol. The van der Waals surface area contributed by atoms with Gasteiger partial charge in [0.2, 0.25) is 5.91 Å². The quantitative estimate of drug-likeness (QED) is 0.107. The molecule has 10 N–H and O–H groups in total. The molecule has 2 atom stereocenters. The summed E-state index contributed by atoms with van der Waals surface area (Å²) in [5.41, 5.74) is 28.6. The number of methoxy groups -OCH3 is 1. The predicted octanol–water partition coefficient (Wildman–Crippen LogP) is 1.72. The minimum absolute atomic E-state index is 0.0227. The van der Waals surface area contributed by atoms with Gasteiger partial charge in [-0.05, 0) is 48.7 Å². The van der Waals surface area contributed by atoms with Crippen LogP contribution >= 0.6 is 11.6 Å². The van der Waals surface area contributed by atoms with Crippen LogP contribution in [0.3, 0.4) is 0 Å². The van der Waals surface area contributed by atoms with Crippen molar-refractivity contribution >= 4 is 40.5 Å². The van der Waals surface area contributed by atoms with Crippen molar-refractivity contribution in [3.63, 3.8) is 0 Å². The van der Waals surface area contributed by atoms with Crippen molar-refractivity contribution in [2.75, 3.05) is 33.0 Å². The number of nitrogen functional groups attached to an aromatic ring is 1. The number of hydrogen-bond donors (Lipinski definition) is 5. The van der Waals surface area contributed by atoms with Crippen LogP contribution in [0.4, 0.5) is 14.5 Å². The van der Waals surface area contributed by atoms with Crippen LogP contribution in [0.1, 0.15) is 30.4 Å². The van der Waals surface area contributed by atoms with E-state index in [0.29, 0.717) is 12.2 Å². The summed E-state index contributed by atoms with van der Waals surface area (Å²) in [4.78, 5) is 28.2. The summed E-state index contributed by atoms with van der Waals surface area (Å²) in [5.74, 6) is 0.330. The highest BCUT2D eigenvalue weighted by Gasteiger charge is 2.58. The second-order valence-electron chi connectivity index (χ2n) is 9.06. The number of carbonyl (C=O) groups is 2. The van der Waals surface area contributed by atoms with Crippen LogP contribution in [-0.4, -0.2) is 61.8 Å². The van der Waals surface area contributed by atoms with Gasteiger partial charge in [0.15, 0.2) is 0 Å². The molecule has 0 spiro atoms. The molecule has 216 valence electrons. The van der Waals surface area contributed by atoms with Crippen molar-refractivity contribution in [3.8, 4) is 11.8 Å². The summed E-state index contributed by atoms with van der Waals surface area (Å²) in [6.45, 7) is 4.95. The summed E-state index contributed by atoms with van der Waals surface area (Å²) in [7, 11) is 3.02. The van der Waals surface area contributed by atoms with E-state index in [0.717, 1.165) is 25.6 Å². The molecule has 1 aliphatic carbocycles. The molecule has 1 heterocycles. The zero-order valence-corrected chi connectivity index (χ0v) is 23.1. The molecule has 1 aromatic carbocycles. The van der Waals surface area contributed by atoms with Crippen molar-refractivity contribution in [2.24, 2.45) is 33.8 Å². The first-order valence-corrected chi connectivity index (χ1v) is 12.6. The Kier molecular flexibility index (Phi) is 11.1. The van der Waals surface area contributed by atoms with Crippen LogP contribution in [-0.2, 0) is 14.3 Å². The average Bonchev–Trinajstić information content (AvgIpc) is 3.29. The molecule has 1 aliphatic heterocycles. The summed E-state index contributed by atoms with van der Waals surface area (Å²) < 4.78 is 31.8. The Morgan fingerprint density at radius 2 is 1.98 bits per heavy atom. The van der Waals surface area contributed by atoms with Gasteiger partial charge >= 0.3 is 0 Å². The normalized spacial score (nSPS) is 20.4. The van der Waals surface area contributed by atoms with E-state index in [4.69, 9.17) is 45.0 Å². The second-order valence-corrected chi connectivity index (χ2v) is 9.47. The van der Waals surface area contributed by atoms with E-state index in [9.17, 15) is 18.4 Å². The number of nitrogens with zero attached hydrogens (tertiary/aromatic N) is 2. The predicted molar refractivity (Wildman–Crippen MR) is 153 cm³/mol. The fourth-order valence-corrected chi connectivity index (χ4v) is 4.41. The van der Waals surface area contributed by atoms with E-state index in [1.165, 1.54) is 25.3 Å². The summed E-state index contributed by atoms with van der Waals surface area (Å²) in [6.07, 6.45) is 4.30. The third-order valence-corrected chi connectivity index (χ3v) is 6.68. The molecule has 0 aromatic heterocycles. The maximum absolute atomic E-state index is 13.4. The molecule has 3 rings (SSSR count). The molecule has 2 unspecified atom stereocenters. The number of carbonyl (C=O) groups excluding carboxylic acids is 2. The fourth-order valence-electron chi connectivity index (χ4n) is 4.19. The number of halogens is 3. The minimum Gasteiger partial charge on any atom is -0.404 e. The highest BCUT2D eigenvalue weighted by molar-refractivity contribution is 6.32. The zero-order chi connectivity index (χ0) is 30.2. The van der Waals surface area contributed by atoms with Gasteiger partial charge in [0.1, 0.15) is 11.4 Å². The van der Waals surface area contributed by atoms with Crippen molar-refractivity contribution in [1.29, 1.82) is 0 Å². The Morgan fingerprint density at radius 3 is 2.48 bits per heavy atom. The minimum atomic E-state index is -2.81. The fraction of sp³-hybridized carbons (Fsp3) is 0.370. The highest BCUT2D eigenvalue weighted by atomic mass is 35.5. The Labute approximate surface area is 236 Å². The third-order valence-electron chi connectivity index (χ3n) is 6.37. The Morgan fingerprint density at radius 1 is 1.32 bits per heavy atom. The maximum atomic E-state index is 13.4. The third kappa shape index (κ3) is 7.74. The van der Waals surface area contributed by atoms with Gasteiger partial charge in [-0.1, -0.05) is 24.1 Å². The van der Waals surface area contributed by atoms with Crippen LogP contribution in [0.15, 0.2) is 47.3 Å². The lowest BCUT2D eigenvalue weighted by Gasteiger charge is -2.22. The van der Waals surface area contributed by atoms with E-state index in [1.807, 2.05) is 4.90 Å². The molecule has 1 aromatic rings. The summed E-state index contributed by atoms with van der Waals surface area (Å²) in [5, 5.41) is 0.144. The van der Waals surface area contributed by atoms with E-state index >= 15 is 0 Å². The van der Waals surface area contributed by atoms with E-state index < -0.39 is 17.7 Å². The maximum Gasteiger partial charge on any atom is 0.256 e. The van der Waals surface area contributed by atoms with Crippen LogP contribution < -0.4 is 28.7 Å². The van der Waals surface area contributed by atoms with Crippen LogP contribution in [0.25, 0.3) is 5.57 Å². The van der Waals surface area contributed by atoms with Gasteiger partial charge in [-0.25, -0.2) is 8.78 Å². The molecular formula is C27H34ClF2N7O3. The molecular weight excluding hydrogens is 544 g/mol. The number of hydrogen-bond acceptors (Lipinski definition) is 7. The van der Waals surface area contributed by atoms with Gasteiger partial charge in [0.25, 0.3) is 11.8 Å². The van der Waals surface area contributed by atoms with E-state index in [2.05, 4.69) is 23.4 Å². The van der Waals surface area contributed by atoms with Gasteiger partial charge in [-0.15, -0.1) is 0 Å². The Hall–Kier alpha value is -4.08.